The maximum Gasteiger partial charge on any atom is 0.163 e. The number of carbonyl (C=O) groups is 1. The number of fused-ring (bicyclic) bond motifs is 1. The van der Waals surface area contributed by atoms with Crippen molar-refractivity contribution in [2.45, 2.75) is 78.1 Å². The first kappa shape index (κ1) is 24.7. The van der Waals surface area contributed by atoms with Crippen molar-refractivity contribution in [2.24, 2.45) is 11.8 Å². The van der Waals surface area contributed by atoms with Crippen LogP contribution in [0.5, 0.6) is 5.75 Å². The van der Waals surface area contributed by atoms with Crippen molar-refractivity contribution < 1.29 is 9.53 Å². The Morgan fingerprint density at radius 3 is 2.69 bits per heavy atom. The number of pyridine rings is 1. The number of nitrogens with zero attached hydrogens (tertiary/aromatic N) is 2. The third-order valence-corrected chi connectivity index (χ3v) is 7.32. The molecule has 32 heavy (non-hydrogen) atoms. The van der Waals surface area contributed by atoms with Gasteiger partial charge in [-0.25, -0.2) is 0 Å². The molecule has 1 saturated heterocycles. The normalized spacial score (nSPS) is 19.3. The fourth-order valence-corrected chi connectivity index (χ4v) is 5.26. The molecule has 176 valence electrons. The van der Waals surface area contributed by atoms with E-state index in [2.05, 4.69) is 23.7 Å². The van der Waals surface area contributed by atoms with Crippen molar-refractivity contribution in [3.05, 3.63) is 36.0 Å². The monoisotopic (exact) mass is 438 g/mol. The lowest BCUT2D eigenvalue weighted by Gasteiger charge is -2.38. The molecule has 2 heterocycles. The molecule has 2 atom stereocenters. The number of hydrogen-bond acceptors (Lipinski definition) is 4. The van der Waals surface area contributed by atoms with Gasteiger partial charge in [-0.05, 0) is 68.5 Å². The molecular weight excluding hydrogens is 396 g/mol. The van der Waals surface area contributed by atoms with Crippen LogP contribution in [0.4, 0.5) is 0 Å². The van der Waals surface area contributed by atoms with E-state index in [1.165, 1.54) is 71.0 Å². The van der Waals surface area contributed by atoms with Crippen LogP contribution in [-0.4, -0.2) is 42.4 Å². The summed E-state index contributed by atoms with van der Waals surface area (Å²) in [4.78, 5) is 20.2. The molecule has 1 aliphatic heterocycles. The Bertz CT molecular complexity index is 850. The van der Waals surface area contributed by atoms with E-state index in [1.807, 2.05) is 24.3 Å². The molecule has 2 aromatic rings. The average molecular weight is 439 g/mol. The number of aromatic nitrogens is 1. The molecule has 4 heteroatoms. The van der Waals surface area contributed by atoms with E-state index in [0.717, 1.165) is 28.6 Å². The summed E-state index contributed by atoms with van der Waals surface area (Å²) in [5.74, 6) is 2.37. The predicted octanol–water partition coefficient (Wildman–Crippen LogP) is 6.91. The van der Waals surface area contributed by atoms with Crippen molar-refractivity contribution in [1.82, 2.24) is 9.88 Å². The van der Waals surface area contributed by atoms with Crippen LogP contribution in [0.1, 0.15) is 88.4 Å². The fraction of sp³-hybridized carbons (Fsp3) is 0.643. The van der Waals surface area contributed by atoms with Crippen molar-refractivity contribution in [3.8, 4) is 5.75 Å². The molecule has 0 amide bonds. The summed E-state index contributed by atoms with van der Waals surface area (Å²) in [5.41, 5.74) is 1.63. The van der Waals surface area contributed by atoms with Gasteiger partial charge >= 0.3 is 0 Å². The molecule has 0 unspecified atom stereocenters. The minimum absolute atomic E-state index is 0.231. The smallest absolute Gasteiger partial charge is 0.163 e. The first-order valence-corrected chi connectivity index (χ1v) is 12.8. The van der Waals surface area contributed by atoms with Crippen LogP contribution in [0.25, 0.3) is 10.9 Å². The second kappa shape index (κ2) is 12.9. The number of rotatable bonds is 13. The van der Waals surface area contributed by atoms with Gasteiger partial charge in [-0.15, -0.1) is 0 Å². The molecule has 0 spiro atoms. The minimum Gasteiger partial charge on any atom is -0.497 e. The number of ether oxygens (including phenoxy) is 1. The number of methoxy groups -OCH3 is 1. The van der Waals surface area contributed by atoms with Gasteiger partial charge in [-0.2, -0.15) is 0 Å². The number of benzene rings is 1. The Balaban J connectivity index is 1.50. The van der Waals surface area contributed by atoms with Gasteiger partial charge in [0.2, 0.25) is 0 Å². The van der Waals surface area contributed by atoms with Gasteiger partial charge in [0.25, 0.3) is 0 Å². The van der Waals surface area contributed by atoms with E-state index in [-0.39, 0.29) is 5.78 Å². The van der Waals surface area contributed by atoms with E-state index in [1.54, 1.807) is 13.3 Å². The first-order chi connectivity index (χ1) is 15.7. The molecule has 1 aromatic carbocycles. The number of unbranched alkanes of at least 4 members (excludes halogenated alkanes) is 5. The number of ketones is 1. The summed E-state index contributed by atoms with van der Waals surface area (Å²) in [5, 5.41) is 0.901. The number of hydrogen-bond donors (Lipinski definition) is 0. The van der Waals surface area contributed by atoms with Gasteiger partial charge in [0.15, 0.2) is 5.78 Å². The van der Waals surface area contributed by atoms with E-state index >= 15 is 0 Å². The summed E-state index contributed by atoms with van der Waals surface area (Å²) in [6.07, 6.45) is 14.0. The maximum atomic E-state index is 13.1. The lowest BCUT2D eigenvalue weighted by atomic mass is 9.80. The summed E-state index contributed by atoms with van der Waals surface area (Å²) in [6.45, 7) is 8.24. The predicted molar refractivity (Wildman–Crippen MR) is 134 cm³/mol. The van der Waals surface area contributed by atoms with Crippen molar-refractivity contribution >= 4 is 16.7 Å². The Morgan fingerprint density at radius 2 is 1.91 bits per heavy atom. The van der Waals surface area contributed by atoms with Crippen molar-refractivity contribution in [3.63, 3.8) is 0 Å². The Kier molecular flexibility index (Phi) is 9.98. The SMILES string of the molecule is CCCCCCCCN1CC[C@@H](CCC(=O)c2ccnc3ccc(OC)cc23)[C@@H](CC)C1. The highest BCUT2D eigenvalue weighted by molar-refractivity contribution is 6.07. The lowest BCUT2D eigenvalue weighted by Crippen LogP contribution is -2.40. The van der Waals surface area contributed by atoms with Gasteiger partial charge < -0.3 is 9.64 Å². The van der Waals surface area contributed by atoms with Gasteiger partial charge in [-0.3, -0.25) is 9.78 Å². The number of likely N-dealkylation sites (tertiary alicyclic amines) is 1. The van der Waals surface area contributed by atoms with Crippen LogP contribution in [0.2, 0.25) is 0 Å². The molecule has 4 nitrogen and oxygen atoms in total. The number of piperidine rings is 1. The van der Waals surface area contributed by atoms with E-state index in [4.69, 9.17) is 4.74 Å². The van der Waals surface area contributed by atoms with Gasteiger partial charge in [0, 0.05) is 30.1 Å². The number of Topliss-reactive ketones (excluding diaryl/α,β-unsaturated/α-hetero) is 1. The summed E-state index contributed by atoms with van der Waals surface area (Å²) in [7, 11) is 1.66. The topological polar surface area (TPSA) is 42.4 Å². The Morgan fingerprint density at radius 1 is 1.09 bits per heavy atom. The molecule has 0 aliphatic carbocycles. The maximum absolute atomic E-state index is 13.1. The Labute approximate surface area is 194 Å². The van der Waals surface area contributed by atoms with E-state index < -0.39 is 0 Å². The third kappa shape index (κ3) is 6.78. The fourth-order valence-electron chi connectivity index (χ4n) is 5.26. The quantitative estimate of drug-likeness (QED) is 0.251. The first-order valence-electron chi connectivity index (χ1n) is 12.8. The van der Waals surface area contributed by atoms with E-state index in [0.29, 0.717) is 18.3 Å². The summed E-state index contributed by atoms with van der Waals surface area (Å²) >= 11 is 0. The molecule has 3 rings (SSSR count). The zero-order chi connectivity index (χ0) is 22.8. The van der Waals surface area contributed by atoms with Crippen LogP contribution >= 0.6 is 0 Å². The molecule has 1 aliphatic rings. The van der Waals surface area contributed by atoms with Crippen LogP contribution in [0.3, 0.4) is 0 Å². The van der Waals surface area contributed by atoms with Crippen LogP contribution in [0.15, 0.2) is 30.5 Å². The van der Waals surface area contributed by atoms with E-state index in [9.17, 15) is 4.79 Å². The average Bonchev–Trinajstić information content (AvgIpc) is 2.84. The van der Waals surface area contributed by atoms with Gasteiger partial charge in [-0.1, -0.05) is 52.4 Å². The van der Waals surface area contributed by atoms with Crippen LogP contribution in [-0.2, 0) is 0 Å². The second-order valence-corrected chi connectivity index (χ2v) is 9.49. The van der Waals surface area contributed by atoms with Crippen LogP contribution in [0, 0.1) is 11.8 Å². The van der Waals surface area contributed by atoms with Gasteiger partial charge in [0.1, 0.15) is 5.75 Å². The zero-order valence-electron chi connectivity index (χ0n) is 20.4. The largest absolute Gasteiger partial charge is 0.497 e. The minimum atomic E-state index is 0.231. The zero-order valence-corrected chi connectivity index (χ0v) is 20.4. The number of carbonyl (C=O) groups excluding carboxylic acids is 1. The molecular formula is C28H42N2O2. The molecule has 0 bridgehead atoms. The van der Waals surface area contributed by atoms with Gasteiger partial charge in [0.05, 0.1) is 12.6 Å². The lowest BCUT2D eigenvalue weighted by molar-refractivity contribution is 0.0899. The molecule has 0 N–H and O–H groups in total. The molecule has 0 saturated carbocycles. The summed E-state index contributed by atoms with van der Waals surface area (Å²) in [6, 6.07) is 7.63. The molecule has 1 fully saturated rings. The van der Waals surface area contributed by atoms with Crippen molar-refractivity contribution in [1.29, 1.82) is 0 Å². The summed E-state index contributed by atoms with van der Waals surface area (Å²) < 4.78 is 5.36. The highest BCUT2D eigenvalue weighted by atomic mass is 16.5. The standard InChI is InChI=1S/C28H42N2O2/c1-4-6-7-8-9-10-18-30-19-16-23(22(5-2)21-30)11-14-28(31)25-15-17-29-27-13-12-24(32-3)20-26(25)27/h12-13,15,17,20,22-23H,4-11,14,16,18-19,21H2,1-3H3/t22-,23+/m0/s1. The highest BCUT2D eigenvalue weighted by Gasteiger charge is 2.28. The molecule has 0 radical (unpaired) electrons. The highest BCUT2D eigenvalue weighted by Crippen LogP contribution is 2.31. The Hall–Kier alpha value is -1.94. The van der Waals surface area contributed by atoms with Crippen LogP contribution < -0.4 is 4.74 Å². The van der Waals surface area contributed by atoms with Crippen molar-refractivity contribution in [2.75, 3.05) is 26.7 Å². The second-order valence-electron chi connectivity index (χ2n) is 9.49. The molecule has 1 aromatic heterocycles. The third-order valence-electron chi connectivity index (χ3n) is 7.32.